The van der Waals surface area contributed by atoms with Gasteiger partial charge in [0.05, 0.1) is 0 Å². The van der Waals surface area contributed by atoms with Crippen molar-refractivity contribution in [1.29, 1.82) is 0 Å². The summed E-state index contributed by atoms with van der Waals surface area (Å²) in [7, 11) is 0. The Morgan fingerprint density at radius 3 is 2.09 bits per heavy atom. The van der Waals surface area contributed by atoms with Crippen LogP contribution in [0.3, 0.4) is 0 Å². The lowest BCUT2D eigenvalue weighted by Crippen LogP contribution is -1.93. The standard InChI is InChI=1S/C11H14/c1-7-6-8(2)10(4)11(5)9(7)3/h6H,1,3H2,2,4-5H3. The zero-order chi connectivity index (χ0) is 8.59. The van der Waals surface area contributed by atoms with Crippen LogP contribution < -0.4 is 0 Å². The van der Waals surface area contributed by atoms with Crippen molar-refractivity contribution < 1.29 is 0 Å². The van der Waals surface area contributed by atoms with Crippen molar-refractivity contribution in [2.45, 2.75) is 20.8 Å². The molecule has 0 heterocycles. The first-order valence-corrected chi connectivity index (χ1v) is 3.78. The Balaban J connectivity index is 3.46. The third kappa shape index (κ3) is 1.30. The van der Waals surface area contributed by atoms with Crippen molar-refractivity contribution in [2.75, 3.05) is 0 Å². The monoisotopic (exact) mass is 146 g/mol. The van der Waals surface area contributed by atoms with E-state index < -0.39 is 0 Å². The van der Waals surface area contributed by atoms with E-state index in [9.17, 15) is 0 Å². The van der Waals surface area contributed by atoms with Gasteiger partial charge in [0.1, 0.15) is 0 Å². The molecule has 58 valence electrons. The van der Waals surface area contributed by atoms with Crippen LogP contribution in [0.15, 0.2) is 6.07 Å². The van der Waals surface area contributed by atoms with E-state index in [2.05, 4.69) is 40.7 Å². The van der Waals surface area contributed by atoms with Gasteiger partial charge in [-0.15, -0.1) is 0 Å². The maximum atomic E-state index is 3.96. The van der Waals surface area contributed by atoms with Crippen LogP contribution in [0.4, 0.5) is 0 Å². The second kappa shape index (κ2) is 2.69. The number of hydrogen-bond donors (Lipinski definition) is 0. The molecule has 0 heteroatoms. The summed E-state index contributed by atoms with van der Waals surface area (Å²) in [6.07, 6.45) is 0. The molecule has 0 aliphatic rings. The van der Waals surface area contributed by atoms with Crippen LogP contribution in [0.5, 0.6) is 0 Å². The smallest absolute Gasteiger partial charge is 0.0233 e. The van der Waals surface area contributed by atoms with Crippen LogP contribution in [0.25, 0.3) is 0 Å². The average molecular weight is 146 g/mol. The van der Waals surface area contributed by atoms with E-state index in [0.29, 0.717) is 0 Å². The Kier molecular flexibility index (Phi) is 2.03. The first-order valence-electron chi connectivity index (χ1n) is 3.78. The van der Waals surface area contributed by atoms with E-state index in [1.807, 2.05) is 0 Å². The van der Waals surface area contributed by atoms with Gasteiger partial charge in [-0.1, -0.05) is 6.07 Å². The van der Waals surface area contributed by atoms with Gasteiger partial charge in [0.2, 0.25) is 0 Å². The molecular weight excluding hydrogens is 132 g/mol. The summed E-state index contributed by atoms with van der Waals surface area (Å²) in [6.45, 7) is 14.2. The molecule has 0 bridgehead atoms. The third-order valence-corrected chi connectivity index (χ3v) is 2.39. The molecule has 11 heavy (non-hydrogen) atoms. The average Bonchev–Trinajstić information content (AvgIpc) is 1.97. The molecule has 0 saturated heterocycles. The highest BCUT2D eigenvalue weighted by Crippen LogP contribution is 2.19. The van der Waals surface area contributed by atoms with Crippen molar-refractivity contribution in [1.82, 2.24) is 0 Å². The molecule has 0 nitrogen and oxygen atoms in total. The van der Waals surface area contributed by atoms with Crippen LogP contribution in [0, 0.1) is 34.6 Å². The van der Waals surface area contributed by atoms with Gasteiger partial charge in [-0.05, 0) is 62.4 Å². The molecule has 0 fully saturated rings. The van der Waals surface area contributed by atoms with Crippen LogP contribution in [0.1, 0.15) is 27.8 Å². The maximum absolute atomic E-state index is 3.96. The predicted octanol–water partition coefficient (Wildman–Crippen LogP) is 2.98. The topological polar surface area (TPSA) is 0 Å². The second-order valence-corrected chi connectivity index (χ2v) is 3.08. The van der Waals surface area contributed by atoms with E-state index in [-0.39, 0.29) is 0 Å². The highest BCUT2D eigenvalue weighted by atomic mass is 14.1. The molecule has 1 rings (SSSR count). The Morgan fingerprint density at radius 2 is 1.55 bits per heavy atom. The summed E-state index contributed by atoms with van der Waals surface area (Å²) in [5.74, 6) is 0. The molecule has 0 saturated carbocycles. The molecule has 0 N–H and O–H groups in total. The van der Waals surface area contributed by atoms with Crippen molar-refractivity contribution in [3.05, 3.63) is 47.7 Å². The van der Waals surface area contributed by atoms with Crippen molar-refractivity contribution in [2.24, 2.45) is 0 Å². The van der Waals surface area contributed by atoms with Crippen LogP contribution in [-0.2, 0) is 0 Å². The van der Waals surface area contributed by atoms with E-state index in [1.54, 1.807) is 0 Å². The van der Waals surface area contributed by atoms with Gasteiger partial charge in [-0.3, -0.25) is 0 Å². The lowest BCUT2D eigenvalue weighted by Gasteiger charge is -2.10. The van der Waals surface area contributed by atoms with Crippen molar-refractivity contribution in [3.8, 4) is 0 Å². The number of rotatable bonds is 0. The molecule has 0 unspecified atom stereocenters. The molecule has 0 aliphatic heterocycles. The quantitative estimate of drug-likeness (QED) is 0.528. The van der Waals surface area contributed by atoms with Gasteiger partial charge in [0.15, 0.2) is 0 Å². The Morgan fingerprint density at radius 1 is 1.00 bits per heavy atom. The predicted molar refractivity (Wildman–Crippen MR) is 49.6 cm³/mol. The maximum Gasteiger partial charge on any atom is -0.0233 e. The molecule has 0 atom stereocenters. The fourth-order valence-corrected chi connectivity index (χ4v) is 1.22. The highest BCUT2D eigenvalue weighted by molar-refractivity contribution is 5.46. The zero-order valence-electron chi connectivity index (χ0n) is 7.49. The minimum Gasteiger partial charge on any atom is -0.0555 e. The summed E-state index contributed by atoms with van der Waals surface area (Å²) in [4.78, 5) is 0. The van der Waals surface area contributed by atoms with Gasteiger partial charge < -0.3 is 0 Å². The summed E-state index contributed by atoms with van der Waals surface area (Å²) in [5, 5.41) is 0. The van der Waals surface area contributed by atoms with Gasteiger partial charge in [0, 0.05) is 0 Å². The van der Waals surface area contributed by atoms with Gasteiger partial charge >= 0.3 is 0 Å². The van der Waals surface area contributed by atoms with Crippen molar-refractivity contribution >= 4 is 0 Å². The van der Waals surface area contributed by atoms with Crippen LogP contribution in [0.2, 0.25) is 0 Å². The minimum atomic E-state index is 1.05. The molecule has 0 amide bonds. The van der Waals surface area contributed by atoms with Gasteiger partial charge in [0.25, 0.3) is 0 Å². The fourth-order valence-electron chi connectivity index (χ4n) is 1.22. The van der Waals surface area contributed by atoms with Crippen LogP contribution >= 0.6 is 0 Å². The number of hydrogen-bond acceptors (Lipinski definition) is 0. The van der Waals surface area contributed by atoms with Crippen molar-refractivity contribution in [3.63, 3.8) is 0 Å². The third-order valence-electron chi connectivity index (χ3n) is 2.39. The Hall–Kier alpha value is -0.780. The Labute approximate surface area is 69.3 Å². The van der Waals surface area contributed by atoms with E-state index in [1.165, 1.54) is 16.7 Å². The highest BCUT2D eigenvalue weighted by Gasteiger charge is 2.02. The number of benzene rings is 1. The lowest BCUT2D eigenvalue weighted by molar-refractivity contribution is 1.23. The zero-order valence-corrected chi connectivity index (χ0v) is 7.49. The minimum absolute atomic E-state index is 1.05. The first-order chi connectivity index (χ1) is 5.04. The SMILES string of the molecule is [CH2]c1cc(C)c(C)c(C)c1[CH2]. The molecule has 2 radical (unpaired) electrons. The molecule has 0 aliphatic carbocycles. The summed E-state index contributed by atoms with van der Waals surface area (Å²) < 4.78 is 0. The van der Waals surface area contributed by atoms with E-state index in [0.717, 1.165) is 11.1 Å². The molecule has 0 spiro atoms. The largest absolute Gasteiger partial charge is 0.0555 e. The van der Waals surface area contributed by atoms with E-state index >= 15 is 0 Å². The molecule has 0 aromatic heterocycles. The summed E-state index contributed by atoms with van der Waals surface area (Å²) in [6, 6.07) is 2.09. The van der Waals surface area contributed by atoms with Gasteiger partial charge in [-0.2, -0.15) is 0 Å². The van der Waals surface area contributed by atoms with Gasteiger partial charge in [-0.25, -0.2) is 0 Å². The summed E-state index contributed by atoms with van der Waals surface area (Å²) >= 11 is 0. The Bertz CT molecular complexity index is 256. The lowest BCUT2D eigenvalue weighted by atomic mass is 9.96. The molecule has 1 aromatic rings. The van der Waals surface area contributed by atoms with E-state index in [4.69, 9.17) is 0 Å². The molecule has 1 aromatic carbocycles. The molecular formula is C11H14. The first kappa shape index (κ1) is 8.32. The second-order valence-electron chi connectivity index (χ2n) is 3.08. The van der Waals surface area contributed by atoms with Crippen LogP contribution in [-0.4, -0.2) is 0 Å². The fraction of sp³-hybridized carbons (Fsp3) is 0.273. The summed E-state index contributed by atoms with van der Waals surface area (Å²) in [5.41, 5.74) is 6.04. The normalized spacial score (nSPS) is 10.3. The number of aryl methyl sites for hydroxylation is 1.